The standard InChI is InChI=1S/C21H15ClN6O/c22-19-5-7-25-21(26-19)28-8-6-17(10-20(28)29)13-27-14-24-12-18(27)9-15-1-3-16(11-23)4-2-15/h1-8,10,12,14H,9,13H2. The first-order valence-corrected chi connectivity index (χ1v) is 9.19. The predicted molar refractivity (Wildman–Crippen MR) is 108 cm³/mol. The summed E-state index contributed by atoms with van der Waals surface area (Å²) in [5, 5.41) is 9.19. The number of rotatable bonds is 5. The van der Waals surface area contributed by atoms with E-state index in [2.05, 4.69) is 21.0 Å². The third-order valence-electron chi connectivity index (χ3n) is 4.43. The van der Waals surface area contributed by atoms with Gasteiger partial charge < -0.3 is 4.57 Å². The van der Waals surface area contributed by atoms with Crippen molar-refractivity contribution < 1.29 is 0 Å². The molecular weight excluding hydrogens is 388 g/mol. The second-order valence-corrected chi connectivity index (χ2v) is 6.81. The minimum absolute atomic E-state index is 0.234. The Balaban J connectivity index is 1.54. The number of nitriles is 1. The van der Waals surface area contributed by atoms with Gasteiger partial charge in [-0.05, 0) is 35.4 Å². The van der Waals surface area contributed by atoms with E-state index in [-0.39, 0.29) is 16.7 Å². The molecule has 0 atom stereocenters. The third-order valence-corrected chi connectivity index (χ3v) is 4.64. The van der Waals surface area contributed by atoms with Gasteiger partial charge in [0.05, 0.1) is 18.0 Å². The van der Waals surface area contributed by atoms with E-state index in [0.29, 0.717) is 18.5 Å². The van der Waals surface area contributed by atoms with E-state index in [9.17, 15) is 4.79 Å². The maximum atomic E-state index is 12.5. The molecule has 0 amide bonds. The smallest absolute Gasteiger partial charge is 0.257 e. The Labute approximate surface area is 171 Å². The van der Waals surface area contributed by atoms with Crippen LogP contribution in [0, 0.1) is 11.3 Å². The van der Waals surface area contributed by atoms with Crippen molar-refractivity contribution in [3.63, 3.8) is 0 Å². The Bertz CT molecular complexity index is 1250. The minimum Gasteiger partial charge on any atom is -0.330 e. The summed E-state index contributed by atoms with van der Waals surface area (Å²) in [6, 6.07) is 14.5. The number of aromatic nitrogens is 5. The Hall–Kier alpha value is -3.76. The van der Waals surface area contributed by atoms with Gasteiger partial charge in [0.1, 0.15) is 5.15 Å². The highest BCUT2D eigenvalue weighted by atomic mass is 35.5. The summed E-state index contributed by atoms with van der Waals surface area (Å²) in [7, 11) is 0. The first-order chi connectivity index (χ1) is 14.1. The van der Waals surface area contributed by atoms with Gasteiger partial charge in [0.25, 0.3) is 5.56 Å². The predicted octanol–water partition coefficient (Wildman–Crippen LogP) is 2.99. The summed E-state index contributed by atoms with van der Waals surface area (Å²) in [6.45, 7) is 0.512. The molecule has 0 saturated carbocycles. The zero-order valence-electron chi connectivity index (χ0n) is 15.2. The fraction of sp³-hybridized carbons (Fsp3) is 0.0952. The van der Waals surface area contributed by atoms with E-state index in [0.717, 1.165) is 16.8 Å². The van der Waals surface area contributed by atoms with Gasteiger partial charge in [-0.1, -0.05) is 23.7 Å². The SMILES string of the molecule is N#Cc1ccc(Cc2cncn2Cc2ccn(-c3nccc(Cl)n3)c(=O)c2)cc1. The lowest BCUT2D eigenvalue weighted by atomic mass is 10.1. The maximum absolute atomic E-state index is 12.5. The van der Waals surface area contributed by atoms with Crippen LogP contribution in [0.15, 0.2) is 72.2 Å². The highest BCUT2D eigenvalue weighted by Gasteiger charge is 2.08. The van der Waals surface area contributed by atoms with Gasteiger partial charge in [0.15, 0.2) is 0 Å². The minimum atomic E-state index is -0.237. The molecule has 8 heteroatoms. The molecular formula is C21H15ClN6O. The molecule has 0 saturated heterocycles. The van der Waals surface area contributed by atoms with Crippen LogP contribution in [0.4, 0.5) is 0 Å². The van der Waals surface area contributed by atoms with Crippen LogP contribution in [0.3, 0.4) is 0 Å². The van der Waals surface area contributed by atoms with Gasteiger partial charge in [0, 0.05) is 43.3 Å². The van der Waals surface area contributed by atoms with Crippen molar-refractivity contribution in [3.05, 3.63) is 105 Å². The van der Waals surface area contributed by atoms with E-state index in [4.69, 9.17) is 16.9 Å². The molecule has 3 heterocycles. The summed E-state index contributed by atoms with van der Waals surface area (Å²) in [5.74, 6) is 0.234. The molecule has 4 rings (SSSR count). The number of hydrogen-bond donors (Lipinski definition) is 0. The number of nitrogens with zero attached hydrogens (tertiary/aromatic N) is 6. The van der Waals surface area contributed by atoms with Crippen molar-refractivity contribution in [1.29, 1.82) is 5.26 Å². The van der Waals surface area contributed by atoms with Crippen LogP contribution in [0.2, 0.25) is 5.15 Å². The fourth-order valence-corrected chi connectivity index (χ4v) is 3.10. The first-order valence-electron chi connectivity index (χ1n) is 8.81. The largest absolute Gasteiger partial charge is 0.330 e. The van der Waals surface area contributed by atoms with E-state index in [1.54, 1.807) is 43.0 Å². The third kappa shape index (κ3) is 4.23. The Morgan fingerprint density at radius 3 is 2.66 bits per heavy atom. The molecule has 142 valence electrons. The topological polar surface area (TPSA) is 89.4 Å². The number of hydrogen-bond acceptors (Lipinski definition) is 5. The number of imidazole rings is 1. The van der Waals surface area contributed by atoms with Gasteiger partial charge in [-0.15, -0.1) is 0 Å². The van der Waals surface area contributed by atoms with Gasteiger partial charge in [0.2, 0.25) is 5.95 Å². The average Bonchev–Trinajstić information content (AvgIpc) is 3.15. The lowest BCUT2D eigenvalue weighted by molar-refractivity contribution is 0.747. The summed E-state index contributed by atoms with van der Waals surface area (Å²) >= 11 is 5.88. The fourth-order valence-electron chi connectivity index (χ4n) is 2.97. The molecule has 4 aromatic rings. The molecule has 0 aliphatic rings. The molecule has 1 aromatic carbocycles. The van der Waals surface area contributed by atoms with E-state index in [1.807, 2.05) is 22.8 Å². The summed E-state index contributed by atoms with van der Waals surface area (Å²) in [4.78, 5) is 24.9. The molecule has 0 N–H and O–H groups in total. The van der Waals surface area contributed by atoms with Gasteiger partial charge in [-0.3, -0.25) is 9.36 Å². The molecule has 0 spiro atoms. The van der Waals surface area contributed by atoms with Crippen molar-refractivity contribution in [2.75, 3.05) is 0 Å². The molecule has 0 bridgehead atoms. The zero-order chi connectivity index (χ0) is 20.2. The van der Waals surface area contributed by atoms with Crippen molar-refractivity contribution in [2.24, 2.45) is 0 Å². The van der Waals surface area contributed by atoms with Crippen LogP contribution >= 0.6 is 11.6 Å². The Morgan fingerprint density at radius 1 is 1.10 bits per heavy atom. The van der Waals surface area contributed by atoms with Gasteiger partial charge in [-0.2, -0.15) is 5.26 Å². The van der Waals surface area contributed by atoms with E-state index < -0.39 is 0 Å². The second-order valence-electron chi connectivity index (χ2n) is 6.42. The van der Waals surface area contributed by atoms with Crippen LogP contribution in [0.5, 0.6) is 0 Å². The van der Waals surface area contributed by atoms with Crippen molar-refractivity contribution in [1.82, 2.24) is 24.1 Å². The molecule has 0 fully saturated rings. The van der Waals surface area contributed by atoms with Crippen LogP contribution in [0.1, 0.15) is 22.4 Å². The van der Waals surface area contributed by atoms with Crippen molar-refractivity contribution in [2.45, 2.75) is 13.0 Å². The maximum Gasteiger partial charge on any atom is 0.257 e. The van der Waals surface area contributed by atoms with Crippen LogP contribution in [-0.2, 0) is 13.0 Å². The lowest BCUT2D eigenvalue weighted by Gasteiger charge is -2.10. The average molecular weight is 403 g/mol. The van der Waals surface area contributed by atoms with Crippen molar-refractivity contribution >= 4 is 11.6 Å². The number of pyridine rings is 1. The summed E-state index contributed by atoms with van der Waals surface area (Å²) in [6.07, 6.45) is 7.37. The summed E-state index contributed by atoms with van der Waals surface area (Å²) < 4.78 is 3.34. The second kappa shape index (κ2) is 8.09. The highest BCUT2D eigenvalue weighted by molar-refractivity contribution is 6.29. The van der Waals surface area contributed by atoms with Gasteiger partial charge in [-0.25, -0.2) is 15.0 Å². The first kappa shape index (κ1) is 18.6. The molecule has 3 aromatic heterocycles. The van der Waals surface area contributed by atoms with Crippen LogP contribution in [-0.4, -0.2) is 24.1 Å². The highest BCUT2D eigenvalue weighted by Crippen LogP contribution is 2.13. The lowest BCUT2D eigenvalue weighted by Crippen LogP contribution is -2.20. The Kier molecular flexibility index (Phi) is 5.18. The van der Waals surface area contributed by atoms with Crippen molar-refractivity contribution in [3.8, 4) is 12.0 Å². The summed E-state index contributed by atoms with van der Waals surface area (Å²) in [5.41, 5.74) is 3.33. The van der Waals surface area contributed by atoms with E-state index >= 15 is 0 Å². The molecule has 29 heavy (non-hydrogen) atoms. The molecule has 0 unspecified atom stereocenters. The normalized spacial score (nSPS) is 10.6. The number of halogens is 1. The Morgan fingerprint density at radius 2 is 1.93 bits per heavy atom. The van der Waals surface area contributed by atoms with Crippen LogP contribution in [0.25, 0.3) is 5.95 Å². The van der Waals surface area contributed by atoms with E-state index in [1.165, 1.54) is 10.8 Å². The molecule has 0 aliphatic heterocycles. The molecule has 0 aliphatic carbocycles. The molecule has 7 nitrogen and oxygen atoms in total. The van der Waals surface area contributed by atoms with Gasteiger partial charge >= 0.3 is 0 Å². The number of benzene rings is 1. The molecule has 0 radical (unpaired) electrons. The quantitative estimate of drug-likeness (QED) is 0.479. The zero-order valence-corrected chi connectivity index (χ0v) is 16.0. The monoisotopic (exact) mass is 402 g/mol. The van der Waals surface area contributed by atoms with Crippen LogP contribution < -0.4 is 5.56 Å².